The Bertz CT molecular complexity index is 825. The van der Waals surface area contributed by atoms with Gasteiger partial charge in [-0.15, -0.1) is 11.6 Å². The third-order valence-corrected chi connectivity index (χ3v) is 4.92. The van der Waals surface area contributed by atoms with E-state index < -0.39 is 0 Å². The molecule has 0 saturated carbocycles. The van der Waals surface area contributed by atoms with Gasteiger partial charge in [0.15, 0.2) is 0 Å². The Morgan fingerprint density at radius 3 is 2.82 bits per heavy atom. The molecule has 3 aromatic carbocycles. The van der Waals surface area contributed by atoms with Gasteiger partial charge in [0.1, 0.15) is 0 Å². The minimum absolute atomic E-state index is 0.527. The molecule has 1 atom stereocenters. The van der Waals surface area contributed by atoms with Crippen LogP contribution in [0.1, 0.15) is 22.6 Å². The predicted molar refractivity (Wildman–Crippen MR) is 94.9 cm³/mol. The number of fused-ring (bicyclic) bond motifs is 2. The molecule has 110 valence electrons. The summed E-state index contributed by atoms with van der Waals surface area (Å²) in [6.45, 7) is 0.998. The van der Waals surface area contributed by atoms with Crippen molar-refractivity contribution >= 4 is 28.1 Å². The molecule has 4 rings (SSSR count). The van der Waals surface area contributed by atoms with Crippen molar-refractivity contribution in [1.29, 1.82) is 0 Å². The lowest BCUT2D eigenvalue weighted by molar-refractivity contribution is 0.696. The van der Waals surface area contributed by atoms with E-state index in [0.29, 0.717) is 11.8 Å². The monoisotopic (exact) mass is 307 g/mol. The first-order valence-electron chi connectivity index (χ1n) is 7.74. The molecule has 0 fully saturated rings. The number of benzene rings is 3. The van der Waals surface area contributed by atoms with E-state index in [4.69, 9.17) is 11.6 Å². The summed E-state index contributed by atoms with van der Waals surface area (Å²) in [4.78, 5) is 0. The van der Waals surface area contributed by atoms with Crippen LogP contribution >= 0.6 is 11.6 Å². The number of para-hydroxylation sites is 1. The molecule has 3 aromatic rings. The zero-order valence-electron chi connectivity index (χ0n) is 12.4. The number of rotatable bonds is 2. The zero-order valence-corrected chi connectivity index (χ0v) is 13.1. The number of halogens is 1. The van der Waals surface area contributed by atoms with Crippen LogP contribution in [-0.4, -0.2) is 6.54 Å². The lowest BCUT2D eigenvalue weighted by Gasteiger charge is -2.26. The van der Waals surface area contributed by atoms with Crippen molar-refractivity contribution in [3.63, 3.8) is 0 Å². The molecule has 1 heterocycles. The highest BCUT2D eigenvalue weighted by Gasteiger charge is 2.19. The Balaban J connectivity index is 1.70. The second-order valence-electron chi connectivity index (χ2n) is 5.97. The number of hydrogen-bond acceptors (Lipinski definition) is 1. The molecule has 2 heteroatoms. The average Bonchev–Trinajstić information content (AvgIpc) is 2.60. The minimum atomic E-state index is 0.527. The highest BCUT2D eigenvalue weighted by Crippen LogP contribution is 2.32. The van der Waals surface area contributed by atoms with Crippen LogP contribution in [0.5, 0.6) is 0 Å². The minimum Gasteiger partial charge on any atom is -0.384 e. The third kappa shape index (κ3) is 2.36. The molecular formula is C20H18ClN. The molecular weight excluding hydrogens is 290 g/mol. The fraction of sp³-hybridized carbons (Fsp3) is 0.200. The van der Waals surface area contributed by atoms with Gasteiger partial charge in [-0.3, -0.25) is 0 Å². The summed E-state index contributed by atoms with van der Waals surface area (Å²) in [5, 5.41) is 6.12. The van der Waals surface area contributed by atoms with Gasteiger partial charge < -0.3 is 5.32 Å². The molecule has 1 N–H and O–H groups in total. The summed E-state index contributed by atoms with van der Waals surface area (Å²) in [6, 6.07) is 21.8. The van der Waals surface area contributed by atoms with E-state index in [-0.39, 0.29) is 0 Å². The van der Waals surface area contributed by atoms with Gasteiger partial charge in [-0.25, -0.2) is 0 Å². The number of alkyl halides is 1. The molecule has 1 unspecified atom stereocenters. The first kappa shape index (κ1) is 13.7. The molecule has 0 spiro atoms. The third-order valence-electron chi connectivity index (χ3n) is 4.63. The quantitative estimate of drug-likeness (QED) is 0.631. The Labute approximate surface area is 135 Å². The summed E-state index contributed by atoms with van der Waals surface area (Å²) in [5.74, 6) is 1.09. The van der Waals surface area contributed by atoms with Gasteiger partial charge in [0.25, 0.3) is 0 Å². The largest absolute Gasteiger partial charge is 0.384 e. The standard InChI is InChI=1S/C20H18ClN/c21-12-17-6-3-5-15-10-14(8-9-19(15)17)18-11-16-4-1-2-7-20(16)22-13-18/h1-10,18,22H,11-13H2. The fourth-order valence-corrected chi connectivity index (χ4v) is 3.65. The molecule has 0 radical (unpaired) electrons. The van der Waals surface area contributed by atoms with E-state index in [1.54, 1.807) is 0 Å². The van der Waals surface area contributed by atoms with E-state index in [2.05, 4.69) is 66.0 Å². The van der Waals surface area contributed by atoms with Crippen molar-refractivity contribution in [3.05, 3.63) is 77.4 Å². The normalized spacial score (nSPS) is 17.0. The summed E-state index contributed by atoms with van der Waals surface area (Å²) in [7, 11) is 0. The van der Waals surface area contributed by atoms with Crippen LogP contribution in [0.25, 0.3) is 10.8 Å². The van der Waals surface area contributed by atoms with E-state index in [0.717, 1.165) is 13.0 Å². The van der Waals surface area contributed by atoms with E-state index in [9.17, 15) is 0 Å². The van der Waals surface area contributed by atoms with Gasteiger partial charge in [0.05, 0.1) is 0 Å². The molecule has 0 aliphatic carbocycles. The van der Waals surface area contributed by atoms with Gasteiger partial charge in [-0.05, 0) is 39.9 Å². The Morgan fingerprint density at radius 2 is 1.91 bits per heavy atom. The summed E-state index contributed by atoms with van der Waals surface area (Å²) in [6.07, 6.45) is 1.10. The highest BCUT2D eigenvalue weighted by atomic mass is 35.5. The molecule has 0 saturated heterocycles. The van der Waals surface area contributed by atoms with E-state index in [1.807, 2.05) is 0 Å². The van der Waals surface area contributed by atoms with Crippen LogP contribution in [0, 0.1) is 0 Å². The number of anilines is 1. The summed E-state index contributed by atoms with van der Waals surface area (Å²) < 4.78 is 0. The maximum atomic E-state index is 6.04. The lowest BCUT2D eigenvalue weighted by atomic mass is 9.87. The first-order chi connectivity index (χ1) is 10.8. The van der Waals surface area contributed by atoms with Gasteiger partial charge in [0.2, 0.25) is 0 Å². The summed E-state index contributed by atoms with van der Waals surface area (Å²) in [5.41, 5.74) is 5.30. The predicted octanol–water partition coefficient (Wildman–Crippen LogP) is 5.33. The Morgan fingerprint density at radius 1 is 1.00 bits per heavy atom. The zero-order chi connectivity index (χ0) is 14.9. The van der Waals surface area contributed by atoms with Gasteiger partial charge in [0, 0.05) is 24.0 Å². The molecule has 1 nitrogen and oxygen atoms in total. The molecule has 0 amide bonds. The van der Waals surface area contributed by atoms with Gasteiger partial charge >= 0.3 is 0 Å². The van der Waals surface area contributed by atoms with Crippen LogP contribution in [0.2, 0.25) is 0 Å². The summed E-state index contributed by atoms with van der Waals surface area (Å²) >= 11 is 6.04. The van der Waals surface area contributed by atoms with Crippen molar-refractivity contribution < 1.29 is 0 Å². The van der Waals surface area contributed by atoms with Crippen LogP contribution < -0.4 is 5.32 Å². The second kappa shape index (κ2) is 5.66. The van der Waals surface area contributed by atoms with Crippen LogP contribution in [0.4, 0.5) is 5.69 Å². The molecule has 1 aliphatic heterocycles. The van der Waals surface area contributed by atoms with Crippen LogP contribution in [-0.2, 0) is 12.3 Å². The smallest absolute Gasteiger partial charge is 0.0480 e. The van der Waals surface area contributed by atoms with Gasteiger partial charge in [-0.1, -0.05) is 54.6 Å². The Kier molecular flexibility index (Phi) is 3.51. The van der Waals surface area contributed by atoms with Crippen molar-refractivity contribution in [2.75, 3.05) is 11.9 Å². The first-order valence-corrected chi connectivity index (χ1v) is 8.28. The average molecular weight is 308 g/mol. The van der Waals surface area contributed by atoms with Crippen LogP contribution in [0.3, 0.4) is 0 Å². The Hall–Kier alpha value is -1.99. The van der Waals surface area contributed by atoms with Crippen LogP contribution in [0.15, 0.2) is 60.7 Å². The second-order valence-corrected chi connectivity index (χ2v) is 6.24. The maximum absolute atomic E-state index is 6.04. The van der Waals surface area contributed by atoms with Crippen molar-refractivity contribution in [2.24, 2.45) is 0 Å². The van der Waals surface area contributed by atoms with Crippen molar-refractivity contribution in [2.45, 2.75) is 18.2 Å². The molecule has 22 heavy (non-hydrogen) atoms. The SMILES string of the molecule is ClCc1cccc2cc(C3CNc4ccccc4C3)ccc12. The highest BCUT2D eigenvalue weighted by molar-refractivity contribution is 6.18. The molecule has 0 aromatic heterocycles. The molecule has 1 aliphatic rings. The topological polar surface area (TPSA) is 12.0 Å². The molecule has 0 bridgehead atoms. The number of hydrogen-bond donors (Lipinski definition) is 1. The fourth-order valence-electron chi connectivity index (χ4n) is 3.42. The van der Waals surface area contributed by atoms with E-state index in [1.165, 1.54) is 33.2 Å². The van der Waals surface area contributed by atoms with Gasteiger partial charge in [-0.2, -0.15) is 0 Å². The lowest BCUT2D eigenvalue weighted by Crippen LogP contribution is -2.21. The maximum Gasteiger partial charge on any atom is 0.0480 e. The number of nitrogens with one attached hydrogen (secondary N) is 1. The van der Waals surface area contributed by atoms with Crippen molar-refractivity contribution in [1.82, 2.24) is 0 Å². The van der Waals surface area contributed by atoms with Crippen molar-refractivity contribution in [3.8, 4) is 0 Å². The van der Waals surface area contributed by atoms with E-state index >= 15 is 0 Å².